The Morgan fingerprint density at radius 3 is 2.51 bits per heavy atom. The van der Waals surface area contributed by atoms with Crippen LogP contribution in [0.5, 0.6) is 0 Å². The van der Waals surface area contributed by atoms with Crippen molar-refractivity contribution in [2.24, 2.45) is 0 Å². The van der Waals surface area contributed by atoms with Gasteiger partial charge in [0.2, 0.25) is 0 Å². The Balaban J connectivity index is 1.35. The normalized spacial score (nSPS) is 17.7. The van der Waals surface area contributed by atoms with E-state index in [9.17, 15) is 17.6 Å². The van der Waals surface area contributed by atoms with Gasteiger partial charge < -0.3 is 10.6 Å². The van der Waals surface area contributed by atoms with Crippen molar-refractivity contribution < 1.29 is 17.6 Å². The first-order valence-corrected chi connectivity index (χ1v) is 10.7. The molecule has 0 amide bonds. The second-order valence-corrected chi connectivity index (χ2v) is 8.05. The minimum atomic E-state index is -4.55. The minimum absolute atomic E-state index is 0.0513. The van der Waals surface area contributed by atoms with Crippen LogP contribution in [0.3, 0.4) is 0 Å². The van der Waals surface area contributed by atoms with Crippen LogP contribution in [0.1, 0.15) is 5.56 Å². The predicted octanol–water partition coefficient (Wildman–Crippen LogP) is 5.74. The third kappa shape index (κ3) is 4.32. The van der Waals surface area contributed by atoms with Crippen LogP contribution in [0, 0.1) is 5.82 Å². The number of halogens is 4. The van der Waals surface area contributed by atoms with Gasteiger partial charge in [-0.2, -0.15) is 13.2 Å². The number of fused-ring (bicyclic) bond motifs is 1. The van der Waals surface area contributed by atoms with Gasteiger partial charge in [-0.1, -0.05) is 18.2 Å². The number of dihydropyridines is 1. The number of nitrogens with one attached hydrogen (secondary N) is 2. The number of aromatic nitrogens is 3. The predicted molar refractivity (Wildman–Crippen MR) is 126 cm³/mol. The van der Waals surface area contributed by atoms with Gasteiger partial charge in [0.1, 0.15) is 11.6 Å². The number of hydrogen-bond acceptors (Lipinski definition) is 5. The van der Waals surface area contributed by atoms with E-state index in [1.807, 2.05) is 12.1 Å². The molecule has 176 valence electrons. The SMILES string of the molecule is Fc1cccc(-c2cc3ccnc(NCC4=CNC(c5ccncc5)(C(F)(F)F)C=C4)c3cn2)c1. The highest BCUT2D eigenvalue weighted by molar-refractivity contribution is 5.93. The first-order chi connectivity index (χ1) is 16.9. The van der Waals surface area contributed by atoms with E-state index < -0.39 is 11.7 Å². The van der Waals surface area contributed by atoms with E-state index >= 15 is 0 Å². The van der Waals surface area contributed by atoms with E-state index in [0.29, 0.717) is 22.6 Å². The number of pyridine rings is 3. The van der Waals surface area contributed by atoms with Crippen LogP contribution in [0.15, 0.2) is 97.2 Å². The lowest BCUT2D eigenvalue weighted by Crippen LogP contribution is -2.51. The van der Waals surface area contributed by atoms with E-state index in [1.165, 1.54) is 48.9 Å². The molecule has 1 aliphatic rings. The fraction of sp³-hybridized carbons (Fsp3) is 0.115. The van der Waals surface area contributed by atoms with Crippen molar-refractivity contribution in [3.8, 4) is 11.3 Å². The molecule has 1 unspecified atom stereocenters. The molecule has 1 aromatic carbocycles. The summed E-state index contributed by atoms with van der Waals surface area (Å²) in [5.74, 6) is 0.194. The maximum absolute atomic E-state index is 14.0. The Morgan fingerprint density at radius 2 is 1.80 bits per heavy atom. The van der Waals surface area contributed by atoms with Crippen LogP contribution in [0.4, 0.5) is 23.4 Å². The van der Waals surface area contributed by atoms with Crippen molar-refractivity contribution >= 4 is 16.6 Å². The van der Waals surface area contributed by atoms with Gasteiger partial charge in [0.25, 0.3) is 0 Å². The van der Waals surface area contributed by atoms with E-state index in [2.05, 4.69) is 25.6 Å². The molecular formula is C26H19F4N5. The molecule has 4 aromatic rings. The Bertz CT molecular complexity index is 1430. The van der Waals surface area contributed by atoms with E-state index in [-0.39, 0.29) is 17.9 Å². The van der Waals surface area contributed by atoms with Crippen molar-refractivity contribution in [2.45, 2.75) is 11.7 Å². The zero-order chi connectivity index (χ0) is 24.5. The van der Waals surface area contributed by atoms with Crippen molar-refractivity contribution in [3.63, 3.8) is 0 Å². The standard InChI is InChI=1S/C26H19F4N5/c27-21-3-1-2-19(12-21)23-13-18-5-11-32-24(22(18)16-33-23)34-14-17-4-8-25(35-15-17,26(28,29)30)20-6-9-31-10-7-20/h1-13,15-16,35H,14H2,(H,32,34). The van der Waals surface area contributed by atoms with Gasteiger partial charge in [-0.15, -0.1) is 0 Å². The zero-order valence-corrected chi connectivity index (χ0v) is 18.2. The van der Waals surface area contributed by atoms with E-state index in [1.54, 1.807) is 24.5 Å². The van der Waals surface area contributed by atoms with Gasteiger partial charge in [0.05, 0.1) is 5.69 Å². The van der Waals surface area contributed by atoms with Crippen molar-refractivity contribution in [2.75, 3.05) is 11.9 Å². The number of rotatable bonds is 5. The number of nitrogens with zero attached hydrogens (tertiary/aromatic N) is 3. The summed E-state index contributed by atoms with van der Waals surface area (Å²) in [5, 5.41) is 7.29. The molecule has 0 aliphatic carbocycles. The zero-order valence-electron chi connectivity index (χ0n) is 18.2. The molecule has 0 saturated heterocycles. The second kappa shape index (κ2) is 8.83. The van der Waals surface area contributed by atoms with Gasteiger partial charge in [0.15, 0.2) is 5.54 Å². The summed E-state index contributed by atoms with van der Waals surface area (Å²) < 4.78 is 55.6. The fourth-order valence-corrected chi connectivity index (χ4v) is 3.98. The summed E-state index contributed by atoms with van der Waals surface area (Å²) in [5.41, 5.74) is -0.383. The number of anilines is 1. The minimum Gasteiger partial charge on any atom is -0.370 e. The molecule has 3 aromatic heterocycles. The molecule has 2 N–H and O–H groups in total. The monoisotopic (exact) mass is 477 g/mol. The lowest BCUT2D eigenvalue weighted by molar-refractivity contribution is -0.182. The van der Waals surface area contributed by atoms with E-state index in [4.69, 9.17) is 0 Å². The average molecular weight is 477 g/mol. The third-order valence-electron chi connectivity index (χ3n) is 5.84. The third-order valence-corrected chi connectivity index (χ3v) is 5.84. The van der Waals surface area contributed by atoms with Gasteiger partial charge in [-0.05, 0) is 59.0 Å². The van der Waals surface area contributed by atoms with Crippen LogP contribution in [-0.4, -0.2) is 27.7 Å². The quantitative estimate of drug-likeness (QED) is 0.359. The molecular weight excluding hydrogens is 458 g/mol. The maximum Gasteiger partial charge on any atom is 0.419 e. The van der Waals surface area contributed by atoms with Gasteiger partial charge in [-0.3, -0.25) is 9.97 Å². The van der Waals surface area contributed by atoms with Crippen LogP contribution in [0.2, 0.25) is 0 Å². The van der Waals surface area contributed by atoms with Gasteiger partial charge in [0, 0.05) is 48.5 Å². The van der Waals surface area contributed by atoms with Gasteiger partial charge >= 0.3 is 6.18 Å². The Morgan fingerprint density at radius 1 is 0.971 bits per heavy atom. The number of alkyl halides is 3. The largest absolute Gasteiger partial charge is 0.419 e. The summed E-state index contributed by atoms with van der Waals surface area (Å²) in [6.07, 6.45) is 5.30. The van der Waals surface area contributed by atoms with Crippen LogP contribution < -0.4 is 10.6 Å². The molecule has 5 nitrogen and oxygen atoms in total. The highest BCUT2D eigenvalue weighted by atomic mass is 19.4. The molecule has 0 fully saturated rings. The number of hydrogen-bond donors (Lipinski definition) is 2. The summed E-state index contributed by atoms with van der Waals surface area (Å²) in [6, 6.07) is 12.5. The first kappa shape index (κ1) is 22.5. The lowest BCUT2D eigenvalue weighted by Gasteiger charge is -2.36. The molecule has 1 aliphatic heterocycles. The average Bonchev–Trinajstić information content (AvgIpc) is 2.87. The molecule has 1 atom stereocenters. The summed E-state index contributed by atoms with van der Waals surface area (Å²) in [4.78, 5) is 12.6. The molecule has 5 rings (SSSR count). The van der Waals surface area contributed by atoms with Crippen molar-refractivity contribution in [1.29, 1.82) is 0 Å². The number of benzene rings is 1. The molecule has 0 spiro atoms. The summed E-state index contributed by atoms with van der Waals surface area (Å²) in [7, 11) is 0. The Hall–Kier alpha value is -4.27. The molecule has 0 saturated carbocycles. The molecule has 0 radical (unpaired) electrons. The smallest absolute Gasteiger partial charge is 0.370 e. The van der Waals surface area contributed by atoms with Crippen molar-refractivity contribution in [1.82, 2.24) is 20.3 Å². The highest BCUT2D eigenvalue weighted by Crippen LogP contribution is 2.41. The Labute approximate surface area is 198 Å². The molecule has 9 heteroatoms. The summed E-state index contributed by atoms with van der Waals surface area (Å²) in [6.45, 7) is 0.242. The highest BCUT2D eigenvalue weighted by Gasteiger charge is 2.54. The fourth-order valence-electron chi connectivity index (χ4n) is 3.98. The lowest BCUT2D eigenvalue weighted by atomic mass is 9.87. The maximum atomic E-state index is 14.0. The van der Waals surface area contributed by atoms with Crippen molar-refractivity contribution in [3.05, 3.63) is 109 Å². The van der Waals surface area contributed by atoms with Gasteiger partial charge in [-0.25, -0.2) is 9.37 Å². The molecule has 4 heterocycles. The van der Waals surface area contributed by atoms with Crippen LogP contribution in [0.25, 0.3) is 22.0 Å². The van der Waals surface area contributed by atoms with E-state index in [0.717, 1.165) is 16.8 Å². The topological polar surface area (TPSA) is 62.7 Å². The molecule has 0 bridgehead atoms. The van der Waals surface area contributed by atoms with Crippen LogP contribution in [-0.2, 0) is 5.54 Å². The molecule has 35 heavy (non-hydrogen) atoms. The second-order valence-electron chi connectivity index (χ2n) is 8.05. The Kier molecular flexibility index (Phi) is 5.68. The van der Waals surface area contributed by atoms with Crippen LogP contribution >= 0.6 is 0 Å². The first-order valence-electron chi connectivity index (χ1n) is 10.7. The summed E-state index contributed by atoms with van der Waals surface area (Å²) >= 11 is 0.